The predicted molar refractivity (Wildman–Crippen MR) is 92.8 cm³/mol. The van der Waals surface area contributed by atoms with E-state index in [1.165, 1.54) is 12.1 Å². The Morgan fingerprint density at radius 1 is 1.21 bits per heavy atom. The van der Waals surface area contributed by atoms with Gasteiger partial charge in [-0.1, -0.05) is 18.0 Å². The van der Waals surface area contributed by atoms with Crippen LogP contribution >= 0.6 is 11.6 Å². The standard InChI is InChI=1S/C14H18ClN5O3S/c15-10-5-4-9(8-11(10)24(21,22)23)20-13(17)18-12(16)19-14(20)6-2-1-3-7-14/h4-5,8H,1-3,6-7H2,(H,21,22,23)(H4,16,17,18,19). The van der Waals surface area contributed by atoms with Gasteiger partial charge in [0.1, 0.15) is 10.6 Å². The molecule has 0 radical (unpaired) electrons. The van der Waals surface area contributed by atoms with Gasteiger partial charge in [0.15, 0.2) is 0 Å². The first kappa shape index (κ1) is 17.0. The van der Waals surface area contributed by atoms with Crippen molar-refractivity contribution in [2.75, 3.05) is 4.90 Å². The van der Waals surface area contributed by atoms with Crippen molar-refractivity contribution >= 4 is 39.3 Å². The average molecular weight is 372 g/mol. The molecule has 1 aliphatic carbocycles. The number of hydrogen-bond donors (Lipinski definition) is 3. The summed E-state index contributed by atoms with van der Waals surface area (Å²) in [4.78, 5) is 9.80. The zero-order valence-electron chi connectivity index (χ0n) is 12.8. The third kappa shape index (κ3) is 2.94. The second kappa shape index (κ2) is 5.91. The van der Waals surface area contributed by atoms with Gasteiger partial charge in [-0.05, 0) is 43.9 Å². The van der Waals surface area contributed by atoms with Crippen LogP contribution in [0.15, 0.2) is 33.1 Å². The van der Waals surface area contributed by atoms with Gasteiger partial charge in [0.05, 0.1) is 5.02 Å². The molecule has 2 aliphatic rings. The van der Waals surface area contributed by atoms with Gasteiger partial charge in [-0.15, -0.1) is 0 Å². The van der Waals surface area contributed by atoms with Crippen molar-refractivity contribution in [2.24, 2.45) is 21.5 Å². The molecule has 0 saturated heterocycles. The quantitative estimate of drug-likeness (QED) is 0.677. The van der Waals surface area contributed by atoms with Crippen molar-refractivity contribution in [3.8, 4) is 0 Å². The molecule has 1 aromatic carbocycles. The first-order valence-electron chi connectivity index (χ1n) is 7.50. The highest BCUT2D eigenvalue weighted by molar-refractivity contribution is 7.86. The number of aliphatic imine (C=N–C) groups is 2. The molecule has 3 rings (SSSR count). The summed E-state index contributed by atoms with van der Waals surface area (Å²) < 4.78 is 32.4. The van der Waals surface area contributed by atoms with Crippen LogP contribution in [0.4, 0.5) is 5.69 Å². The molecule has 0 unspecified atom stereocenters. The van der Waals surface area contributed by atoms with E-state index < -0.39 is 15.8 Å². The third-order valence-corrected chi connectivity index (χ3v) is 5.64. The van der Waals surface area contributed by atoms with E-state index in [0.717, 1.165) is 19.3 Å². The number of hydrogen-bond acceptors (Lipinski definition) is 7. The fourth-order valence-electron chi connectivity index (χ4n) is 3.32. The summed E-state index contributed by atoms with van der Waals surface area (Å²) in [6, 6.07) is 4.28. The summed E-state index contributed by atoms with van der Waals surface area (Å²) in [5.41, 5.74) is 11.6. The van der Waals surface area contributed by atoms with Crippen LogP contribution in [0.5, 0.6) is 0 Å². The van der Waals surface area contributed by atoms with Gasteiger partial charge in [0, 0.05) is 5.69 Å². The van der Waals surface area contributed by atoms with Crippen LogP contribution in [0.3, 0.4) is 0 Å². The van der Waals surface area contributed by atoms with Crippen LogP contribution in [0.1, 0.15) is 32.1 Å². The molecule has 24 heavy (non-hydrogen) atoms. The van der Waals surface area contributed by atoms with Gasteiger partial charge in [-0.25, -0.2) is 4.99 Å². The Kier molecular flexibility index (Phi) is 4.18. The highest BCUT2D eigenvalue weighted by Crippen LogP contribution is 2.40. The number of guanidine groups is 2. The SMILES string of the molecule is NC1=NC2(CCCCC2)N(c2ccc(Cl)c(S(=O)(=O)O)c2)C(N)=N1. The Morgan fingerprint density at radius 2 is 1.88 bits per heavy atom. The first-order valence-corrected chi connectivity index (χ1v) is 9.31. The maximum atomic E-state index is 11.5. The van der Waals surface area contributed by atoms with Crippen LogP contribution in [0.25, 0.3) is 0 Å². The van der Waals surface area contributed by atoms with Crippen LogP contribution in [0, 0.1) is 0 Å². The fourth-order valence-corrected chi connectivity index (χ4v) is 4.32. The largest absolute Gasteiger partial charge is 0.369 e. The summed E-state index contributed by atoms with van der Waals surface area (Å²) in [7, 11) is -4.47. The Hall–Kier alpha value is -1.84. The van der Waals surface area contributed by atoms with Crippen molar-refractivity contribution in [2.45, 2.75) is 42.7 Å². The van der Waals surface area contributed by atoms with Crippen LogP contribution in [-0.4, -0.2) is 30.6 Å². The molecule has 1 fully saturated rings. The van der Waals surface area contributed by atoms with Crippen molar-refractivity contribution in [1.29, 1.82) is 0 Å². The maximum Gasteiger partial charge on any atom is 0.296 e. The van der Waals surface area contributed by atoms with E-state index >= 15 is 0 Å². The minimum Gasteiger partial charge on any atom is -0.369 e. The highest BCUT2D eigenvalue weighted by Gasteiger charge is 2.42. The molecule has 1 saturated carbocycles. The molecule has 5 N–H and O–H groups in total. The van der Waals surface area contributed by atoms with E-state index in [1.54, 1.807) is 11.0 Å². The predicted octanol–water partition coefficient (Wildman–Crippen LogP) is 1.70. The van der Waals surface area contributed by atoms with E-state index in [1.807, 2.05) is 0 Å². The summed E-state index contributed by atoms with van der Waals surface area (Å²) >= 11 is 5.89. The summed E-state index contributed by atoms with van der Waals surface area (Å²) in [5.74, 6) is 0.239. The van der Waals surface area contributed by atoms with Crippen LogP contribution in [-0.2, 0) is 10.1 Å². The van der Waals surface area contributed by atoms with Crippen LogP contribution in [0.2, 0.25) is 5.02 Å². The number of benzene rings is 1. The third-order valence-electron chi connectivity index (χ3n) is 4.30. The lowest BCUT2D eigenvalue weighted by atomic mass is 9.87. The summed E-state index contributed by atoms with van der Waals surface area (Å²) in [5, 5.41) is -0.0746. The van der Waals surface area contributed by atoms with Gasteiger partial charge in [-0.3, -0.25) is 9.45 Å². The average Bonchev–Trinajstić information content (AvgIpc) is 2.47. The van der Waals surface area contributed by atoms with E-state index in [-0.39, 0.29) is 21.8 Å². The molecular formula is C14H18ClN5O3S. The van der Waals surface area contributed by atoms with E-state index in [2.05, 4.69) is 9.98 Å². The maximum absolute atomic E-state index is 11.5. The molecule has 1 spiro atoms. The minimum absolute atomic E-state index is 0.0746. The minimum atomic E-state index is -4.47. The van der Waals surface area contributed by atoms with Crippen molar-refractivity contribution in [3.05, 3.63) is 23.2 Å². The molecule has 1 aliphatic heterocycles. The summed E-state index contributed by atoms with van der Waals surface area (Å²) in [6.07, 6.45) is 4.40. The van der Waals surface area contributed by atoms with Gasteiger partial charge < -0.3 is 11.5 Å². The topological polar surface area (TPSA) is 134 Å². The van der Waals surface area contributed by atoms with Gasteiger partial charge in [0.2, 0.25) is 11.9 Å². The number of halogens is 1. The second-order valence-corrected chi connectivity index (χ2v) is 7.71. The first-order chi connectivity index (χ1) is 11.2. The van der Waals surface area contributed by atoms with Gasteiger partial charge >= 0.3 is 0 Å². The Morgan fingerprint density at radius 3 is 2.50 bits per heavy atom. The van der Waals surface area contributed by atoms with Crippen molar-refractivity contribution in [1.82, 2.24) is 0 Å². The monoisotopic (exact) mass is 371 g/mol. The van der Waals surface area contributed by atoms with E-state index in [9.17, 15) is 13.0 Å². The molecule has 0 aromatic heterocycles. The lowest BCUT2D eigenvalue weighted by Crippen LogP contribution is -2.58. The van der Waals surface area contributed by atoms with Gasteiger partial charge in [0.25, 0.3) is 10.1 Å². The molecule has 0 amide bonds. The number of nitrogens with two attached hydrogens (primary N) is 2. The zero-order chi connectivity index (χ0) is 17.5. The Bertz CT molecular complexity index is 831. The van der Waals surface area contributed by atoms with Gasteiger partial charge in [-0.2, -0.15) is 13.4 Å². The van der Waals surface area contributed by atoms with Crippen molar-refractivity contribution in [3.63, 3.8) is 0 Å². The Balaban J connectivity index is 2.14. The lowest BCUT2D eigenvalue weighted by molar-refractivity contribution is 0.305. The number of rotatable bonds is 2. The molecule has 8 nitrogen and oxygen atoms in total. The van der Waals surface area contributed by atoms with E-state index in [0.29, 0.717) is 18.5 Å². The molecule has 10 heteroatoms. The molecule has 1 aromatic rings. The molecule has 1 heterocycles. The Labute approximate surface area is 145 Å². The zero-order valence-corrected chi connectivity index (χ0v) is 14.4. The van der Waals surface area contributed by atoms with Crippen LogP contribution < -0.4 is 16.4 Å². The molecule has 0 bridgehead atoms. The van der Waals surface area contributed by atoms with Crippen molar-refractivity contribution < 1.29 is 13.0 Å². The number of nitrogens with zero attached hydrogens (tertiary/aromatic N) is 3. The smallest absolute Gasteiger partial charge is 0.296 e. The number of anilines is 1. The normalized spacial score (nSPS) is 20.7. The highest BCUT2D eigenvalue weighted by atomic mass is 35.5. The molecular weight excluding hydrogens is 354 g/mol. The molecule has 0 atom stereocenters. The second-order valence-electron chi connectivity index (χ2n) is 5.91. The molecule has 130 valence electrons. The van der Waals surface area contributed by atoms with E-state index in [4.69, 9.17) is 23.1 Å². The lowest BCUT2D eigenvalue weighted by Gasteiger charge is -2.45. The summed E-state index contributed by atoms with van der Waals surface area (Å²) in [6.45, 7) is 0. The fraction of sp³-hybridized carbons (Fsp3) is 0.429.